The summed E-state index contributed by atoms with van der Waals surface area (Å²) in [4.78, 5) is 0. The van der Waals surface area contributed by atoms with E-state index in [0.29, 0.717) is 0 Å². The standard InChI is InChI=1S/C9H15PSe/c11-10-4-7-1-8(5-10)3-9(2-7)6-10/h7-9H,1-6H2. The molecule has 1 saturated carbocycles. The van der Waals surface area contributed by atoms with Crippen molar-refractivity contribution >= 4 is 20.6 Å². The summed E-state index contributed by atoms with van der Waals surface area (Å²) in [5, 5.41) is 0. The van der Waals surface area contributed by atoms with E-state index in [9.17, 15) is 0 Å². The van der Waals surface area contributed by atoms with Gasteiger partial charge in [0.15, 0.2) is 0 Å². The average molecular weight is 233 g/mol. The molecule has 0 N–H and O–H groups in total. The third kappa shape index (κ3) is 1.12. The molecule has 0 unspecified atom stereocenters. The van der Waals surface area contributed by atoms with Gasteiger partial charge in [-0.05, 0) is 0 Å². The Labute approximate surface area is 76.4 Å². The average Bonchev–Trinajstić information content (AvgIpc) is 1.79. The van der Waals surface area contributed by atoms with Crippen molar-refractivity contribution in [1.29, 1.82) is 0 Å². The molecule has 0 aromatic carbocycles. The number of rotatable bonds is 0. The molecule has 2 heteroatoms. The summed E-state index contributed by atoms with van der Waals surface area (Å²) >= 11 is 3.60. The van der Waals surface area contributed by atoms with Gasteiger partial charge in [-0.1, -0.05) is 0 Å². The summed E-state index contributed by atoms with van der Waals surface area (Å²) in [6.07, 6.45) is 9.67. The van der Waals surface area contributed by atoms with Crippen LogP contribution in [0.2, 0.25) is 0 Å². The van der Waals surface area contributed by atoms with Crippen molar-refractivity contribution in [3.8, 4) is 0 Å². The van der Waals surface area contributed by atoms with E-state index in [4.69, 9.17) is 0 Å². The molecule has 62 valence electrons. The molecule has 0 aromatic heterocycles. The van der Waals surface area contributed by atoms with E-state index in [0.717, 1.165) is 17.8 Å². The summed E-state index contributed by atoms with van der Waals surface area (Å²) in [5.74, 6) is 3.49. The van der Waals surface area contributed by atoms with Gasteiger partial charge in [-0.3, -0.25) is 0 Å². The predicted molar refractivity (Wildman–Crippen MR) is 51.6 cm³/mol. The molecule has 4 fully saturated rings. The van der Waals surface area contributed by atoms with Crippen molar-refractivity contribution in [2.75, 3.05) is 18.5 Å². The van der Waals surface area contributed by atoms with Crippen LogP contribution in [-0.4, -0.2) is 33.6 Å². The molecule has 0 radical (unpaired) electrons. The van der Waals surface area contributed by atoms with Crippen molar-refractivity contribution in [2.45, 2.75) is 19.3 Å². The van der Waals surface area contributed by atoms with Crippen LogP contribution < -0.4 is 0 Å². The Balaban J connectivity index is 2.00. The molecule has 4 bridgehead atoms. The van der Waals surface area contributed by atoms with Gasteiger partial charge in [0.2, 0.25) is 0 Å². The van der Waals surface area contributed by atoms with Gasteiger partial charge >= 0.3 is 76.1 Å². The molecule has 4 aliphatic rings. The zero-order chi connectivity index (χ0) is 7.47. The molecular weight excluding hydrogens is 218 g/mol. The fourth-order valence-electron chi connectivity index (χ4n) is 3.79. The molecule has 3 heterocycles. The Kier molecular flexibility index (Phi) is 1.51. The van der Waals surface area contributed by atoms with Gasteiger partial charge in [0.1, 0.15) is 0 Å². The van der Waals surface area contributed by atoms with E-state index in [2.05, 4.69) is 15.1 Å². The molecule has 1 aliphatic carbocycles. The molecule has 3 saturated heterocycles. The quantitative estimate of drug-likeness (QED) is 0.444. The van der Waals surface area contributed by atoms with Gasteiger partial charge in [0.25, 0.3) is 0 Å². The van der Waals surface area contributed by atoms with Crippen LogP contribution in [0.1, 0.15) is 19.3 Å². The van der Waals surface area contributed by atoms with E-state index in [1.54, 1.807) is 37.7 Å². The maximum atomic E-state index is 3.60. The zero-order valence-electron chi connectivity index (χ0n) is 6.83. The Morgan fingerprint density at radius 3 is 1.45 bits per heavy atom. The molecule has 4 rings (SSSR count). The second-order valence-corrected chi connectivity index (χ2v) is 13.0. The van der Waals surface area contributed by atoms with Crippen molar-refractivity contribution in [2.24, 2.45) is 17.8 Å². The first-order valence-electron chi connectivity index (χ1n) is 4.81. The Hall–Kier alpha value is 0.949. The molecule has 0 spiro atoms. The van der Waals surface area contributed by atoms with E-state index in [-0.39, 0.29) is 0 Å². The third-order valence-electron chi connectivity index (χ3n) is 3.77. The molecule has 3 aliphatic heterocycles. The summed E-state index contributed by atoms with van der Waals surface area (Å²) in [5.41, 5.74) is -0.445. The Morgan fingerprint density at radius 2 is 1.18 bits per heavy atom. The monoisotopic (exact) mass is 234 g/mol. The summed E-state index contributed by atoms with van der Waals surface area (Å²) in [7, 11) is 0. The minimum atomic E-state index is -0.445. The Bertz CT molecular complexity index is 192. The van der Waals surface area contributed by atoms with Crippen molar-refractivity contribution in [3.63, 3.8) is 0 Å². The fourth-order valence-corrected chi connectivity index (χ4v) is 11.9. The van der Waals surface area contributed by atoms with Crippen LogP contribution in [0.15, 0.2) is 0 Å². The molecule has 0 nitrogen and oxygen atoms in total. The van der Waals surface area contributed by atoms with Gasteiger partial charge in [-0.2, -0.15) is 0 Å². The number of hydrogen-bond donors (Lipinski definition) is 0. The van der Waals surface area contributed by atoms with Crippen LogP contribution >= 0.6 is 5.51 Å². The third-order valence-corrected chi connectivity index (χ3v) is 10.1. The predicted octanol–water partition coefficient (Wildman–Crippen LogP) is 2.15. The van der Waals surface area contributed by atoms with Crippen LogP contribution in [-0.2, 0) is 0 Å². The maximum absolute atomic E-state index is 3.60. The molecule has 11 heavy (non-hydrogen) atoms. The summed E-state index contributed by atoms with van der Waals surface area (Å²) < 4.78 is 0. The van der Waals surface area contributed by atoms with E-state index >= 15 is 0 Å². The SMILES string of the molecule is [Se]=P12CC3CC(CC(C3)C1)C2. The van der Waals surface area contributed by atoms with Crippen molar-refractivity contribution < 1.29 is 0 Å². The van der Waals surface area contributed by atoms with Crippen molar-refractivity contribution in [1.82, 2.24) is 0 Å². The van der Waals surface area contributed by atoms with Gasteiger partial charge in [-0.15, -0.1) is 0 Å². The van der Waals surface area contributed by atoms with Gasteiger partial charge in [0.05, 0.1) is 0 Å². The van der Waals surface area contributed by atoms with Gasteiger partial charge < -0.3 is 0 Å². The number of hydrogen-bond acceptors (Lipinski definition) is 0. The first-order valence-corrected chi connectivity index (χ1v) is 9.37. The normalized spacial score (nSPS) is 60.2. The Morgan fingerprint density at radius 1 is 0.818 bits per heavy atom. The summed E-state index contributed by atoms with van der Waals surface area (Å²) in [6, 6.07) is 0. The molecule has 0 atom stereocenters. The van der Waals surface area contributed by atoms with Crippen LogP contribution in [0, 0.1) is 17.8 Å². The van der Waals surface area contributed by atoms with Crippen LogP contribution in [0.25, 0.3) is 0 Å². The van der Waals surface area contributed by atoms with E-state index in [1.165, 1.54) is 0 Å². The van der Waals surface area contributed by atoms with Crippen molar-refractivity contribution in [3.05, 3.63) is 0 Å². The van der Waals surface area contributed by atoms with Crippen LogP contribution in [0.5, 0.6) is 0 Å². The zero-order valence-corrected chi connectivity index (χ0v) is 9.44. The summed E-state index contributed by atoms with van der Waals surface area (Å²) in [6.45, 7) is 0. The molecule has 0 amide bonds. The van der Waals surface area contributed by atoms with Crippen LogP contribution in [0.4, 0.5) is 0 Å². The van der Waals surface area contributed by atoms with E-state index < -0.39 is 5.51 Å². The fraction of sp³-hybridized carbons (Fsp3) is 1.00. The van der Waals surface area contributed by atoms with Gasteiger partial charge in [-0.25, -0.2) is 0 Å². The van der Waals surface area contributed by atoms with Crippen LogP contribution in [0.3, 0.4) is 0 Å². The van der Waals surface area contributed by atoms with E-state index in [1.807, 2.05) is 0 Å². The second-order valence-electron chi connectivity index (χ2n) is 4.91. The molecule has 0 aromatic rings. The minimum absolute atomic E-state index is 0.445. The molecular formula is C9H15PSe. The first-order chi connectivity index (χ1) is 5.23. The van der Waals surface area contributed by atoms with Gasteiger partial charge in [0, 0.05) is 0 Å². The second kappa shape index (κ2) is 2.25. The topological polar surface area (TPSA) is 0 Å². The first kappa shape index (κ1) is 7.36.